The molecule has 0 aliphatic rings. The van der Waals surface area contributed by atoms with Crippen molar-refractivity contribution in [2.24, 2.45) is 7.05 Å². The molecular weight excluding hydrogens is 332 g/mol. The van der Waals surface area contributed by atoms with Crippen molar-refractivity contribution in [3.8, 4) is 17.1 Å². The number of carbonyl (C=O) groups excluding carboxylic acids is 1. The fourth-order valence-corrected chi connectivity index (χ4v) is 2.83. The maximum absolute atomic E-state index is 11.2. The van der Waals surface area contributed by atoms with Crippen LogP contribution in [0.3, 0.4) is 0 Å². The van der Waals surface area contributed by atoms with Gasteiger partial charge in [0, 0.05) is 18.9 Å². The summed E-state index contributed by atoms with van der Waals surface area (Å²) in [6.45, 7) is 6.08. The van der Waals surface area contributed by atoms with Crippen LogP contribution in [0.1, 0.15) is 40.8 Å². The lowest BCUT2D eigenvalue weighted by molar-refractivity contribution is 0.0985. The minimum absolute atomic E-state index is 0.0589. The number of rotatable bonds is 7. The molecule has 0 aliphatic heterocycles. The Balaban J connectivity index is 1.60. The molecule has 136 valence electrons. The Morgan fingerprint density at radius 3 is 2.54 bits per heavy atom. The van der Waals surface area contributed by atoms with E-state index in [0.717, 1.165) is 41.0 Å². The second kappa shape index (κ2) is 7.51. The van der Waals surface area contributed by atoms with Crippen LogP contribution in [0, 0.1) is 13.8 Å². The third-order valence-corrected chi connectivity index (χ3v) is 4.05. The number of tetrazole rings is 1. The van der Waals surface area contributed by atoms with E-state index in [1.54, 1.807) is 13.1 Å². The van der Waals surface area contributed by atoms with E-state index in [2.05, 4.69) is 15.4 Å². The third-order valence-electron chi connectivity index (χ3n) is 4.05. The van der Waals surface area contributed by atoms with Crippen LogP contribution in [0.2, 0.25) is 0 Å². The Bertz CT molecular complexity index is 904. The van der Waals surface area contributed by atoms with Crippen LogP contribution in [0.15, 0.2) is 28.7 Å². The Morgan fingerprint density at radius 2 is 1.96 bits per heavy atom. The van der Waals surface area contributed by atoms with Gasteiger partial charge in [-0.3, -0.25) is 4.79 Å². The highest BCUT2D eigenvalue weighted by atomic mass is 16.5. The van der Waals surface area contributed by atoms with Gasteiger partial charge < -0.3 is 9.15 Å². The van der Waals surface area contributed by atoms with Crippen LogP contribution >= 0.6 is 0 Å². The van der Waals surface area contributed by atoms with Gasteiger partial charge in [-0.25, -0.2) is 0 Å². The summed E-state index contributed by atoms with van der Waals surface area (Å²) in [6.07, 6.45) is 1.53. The first-order chi connectivity index (χ1) is 12.4. The van der Waals surface area contributed by atoms with E-state index >= 15 is 0 Å². The van der Waals surface area contributed by atoms with E-state index in [-0.39, 0.29) is 5.78 Å². The largest absolute Gasteiger partial charge is 0.493 e. The van der Waals surface area contributed by atoms with Crippen LogP contribution in [0.25, 0.3) is 11.4 Å². The smallest absolute Gasteiger partial charge is 0.204 e. The van der Waals surface area contributed by atoms with E-state index in [4.69, 9.17) is 9.15 Å². The monoisotopic (exact) mass is 354 g/mol. The highest BCUT2D eigenvalue weighted by Crippen LogP contribution is 2.28. The van der Waals surface area contributed by atoms with Crippen LogP contribution in [-0.4, -0.2) is 32.6 Å². The summed E-state index contributed by atoms with van der Waals surface area (Å²) < 4.78 is 11.5. The van der Waals surface area contributed by atoms with Crippen molar-refractivity contribution in [2.45, 2.75) is 33.6 Å². The third kappa shape index (κ3) is 3.99. The number of benzene rings is 1. The van der Waals surface area contributed by atoms with Crippen LogP contribution in [0.4, 0.5) is 0 Å². The lowest BCUT2D eigenvalue weighted by Gasteiger charge is -2.13. The standard InChI is InChI=1S/C19H22N4O3/c1-12-10-15(19-20-22-23(4)21-19)11-13(2)18(12)25-9-5-6-16-7-8-17(26-16)14(3)24/h7-8,10-11H,5-6,9H2,1-4H3. The molecule has 0 fully saturated rings. The summed E-state index contributed by atoms with van der Waals surface area (Å²) in [5, 5.41) is 12.2. The average Bonchev–Trinajstić information content (AvgIpc) is 3.22. The molecule has 7 nitrogen and oxygen atoms in total. The zero-order chi connectivity index (χ0) is 18.7. The first-order valence-corrected chi connectivity index (χ1v) is 8.52. The van der Waals surface area contributed by atoms with Crippen molar-refractivity contribution in [3.05, 3.63) is 46.9 Å². The first-order valence-electron chi connectivity index (χ1n) is 8.52. The number of Topliss-reactive ketones (excluding diaryl/α,β-unsaturated/α-hetero) is 1. The van der Waals surface area contributed by atoms with Gasteiger partial charge >= 0.3 is 0 Å². The van der Waals surface area contributed by atoms with Gasteiger partial charge in [0.2, 0.25) is 5.82 Å². The molecule has 0 unspecified atom stereocenters. The Kier molecular flexibility index (Phi) is 5.16. The summed E-state index contributed by atoms with van der Waals surface area (Å²) in [7, 11) is 1.74. The molecule has 7 heteroatoms. The fourth-order valence-electron chi connectivity index (χ4n) is 2.83. The minimum Gasteiger partial charge on any atom is -0.493 e. The molecule has 2 aromatic heterocycles. The molecular formula is C19H22N4O3. The maximum Gasteiger partial charge on any atom is 0.204 e. The van der Waals surface area contributed by atoms with Gasteiger partial charge in [-0.05, 0) is 60.9 Å². The number of ether oxygens (including phenoxy) is 1. The molecule has 26 heavy (non-hydrogen) atoms. The van der Waals surface area contributed by atoms with Crippen LogP contribution in [-0.2, 0) is 13.5 Å². The molecule has 1 aromatic carbocycles. The number of hydrogen-bond donors (Lipinski definition) is 0. The van der Waals surface area contributed by atoms with Crippen molar-refractivity contribution in [1.82, 2.24) is 20.2 Å². The van der Waals surface area contributed by atoms with Gasteiger partial charge in [-0.15, -0.1) is 10.2 Å². The highest BCUT2D eigenvalue weighted by Gasteiger charge is 2.11. The van der Waals surface area contributed by atoms with Gasteiger partial charge in [0.05, 0.1) is 13.7 Å². The molecule has 0 saturated heterocycles. The molecule has 3 aromatic rings. The van der Waals surface area contributed by atoms with Gasteiger partial charge in [0.25, 0.3) is 0 Å². The van der Waals surface area contributed by atoms with E-state index in [0.29, 0.717) is 18.2 Å². The van der Waals surface area contributed by atoms with Crippen molar-refractivity contribution in [3.63, 3.8) is 0 Å². The molecule has 0 spiro atoms. The van der Waals surface area contributed by atoms with Gasteiger partial charge in [0.1, 0.15) is 11.5 Å². The van der Waals surface area contributed by atoms with Crippen molar-refractivity contribution in [1.29, 1.82) is 0 Å². The number of furan rings is 1. The second-order valence-electron chi connectivity index (χ2n) is 6.32. The molecule has 3 rings (SSSR count). The van der Waals surface area contributed by atoms with Gasteiger partial charge in [-0.2, -0.15) is 4.80 Å². The summed E-state index contributed by atoms with van der Waals surface area (Å²) >= 11 is 0. The van der Waals surface area contributed by atoms with Gasteiger partial charge in [-0.1, -0.05) is 0 Å². The number of ketones is 1. The topological polar surface area (TPSA) is 83.0 Å². The number of nitrogens with zero attached hydrogens (tertiary/aromatic N) is 4. The number of aromatic nitrogens is 4. The molecule has 0 N–H and O–H groups in total. The lowest BCUT2D eigenvalue weighted by Crippen LogP contribution is -2.02. The normalized spacial score (nSPS) is 10.9. The minimum atomic E-state index is -0.0589. The Morgan fingerprint density at radius 1 is 1.23 bits per heavy atom. The van der Waals surface area contributed by atoms with Crippen molar-refractivity contribution >= 4 is 5.78 Å². The quantitative estimate of drug-likeness (QED) is 0.478. The van der Waals surface area contributed by atoms with E-state index in [1.165, 1.54) is 11.7 Å². The van der Waals surface area contributed by atoms with E-state index in [1.807, 2.05) is 32.0 Å². The summed E-state index contributed by atoms with van der Waals surface area (Å²) in [5.74, 6) is 2.62. The number of hydrogen-bond acceptors (Lipinski definition) is 6. The zero-order valence-corrected chi connectivity index (χ0v) is 15.4. The summed E-state index contributed by atoms with van der Waals surface area (Å²) in [5.41, 5.74) is 2.99. The van der Waals surface area contributed by atoms with Crippen LogP contribution in [0.5, 0.6) is 5.75 Å². The number of aryl methyl sites for hydroxylation is 4. The Labute approximate surface area is 152 Å². The molecule has 0 amide bonds. The lowest BCUT2D eigenvalue weighted by atomic mass is 10.1. The van der Waals surface area contributed by atoms with Crippen molar-refractivity contribution < 1.29 is 13.9 Å². The predicted molar refractivity (Wildman–Crippen MR) is 96.2 cm³/mol. The predicted octanol–water partition coefficient (Wildman–Crippen LogP) is 3.30. The molecule has 0 radical (unpaired) electrons. The van der Waals surface area contributed by atoms with Crippen LogP contribution < -0.4 is 4.74 Å². The van der Waals surface area contributed by atoms with Crippen molar-refractivity contribution in [2.75, 3.05) is 6.61 Å². The van der Waals surface area contributed by atoms with E-state index in [9.17, 15) is 4.79 Å². The van der Waals surface area contributed by atoms with E-state index < -0.39 is 0 Å². The molecule has 0 atom stereocenters. The molecule has 2 heterocycles. The second-order valence-corrected chi connectivity index (χ2v) is 6.32. The summed E-state index contributed by atoms with van der Waals surface area (Å²) in [4.78, 5) is 12.7. The number of carbonyl (C=O) groups is 1. The highest BCUT2D eigenvalue weighted by molar-refractivity contribution is 5.91. The molecule has 0 saturated carbocycles. The molecule has 0 aliphatic carbocycles. The average molecular weight is 354 g/mol. The molecule has 0 bridgehead atoms. The maximum atomic E-state index is 11.2. The Hall–Kier alpha value is -2.96. The zero-order valence-electron chi connectivity index (χ0n) is 15.4. The summed E-state index contributed by atoms with van der Waals surface area (Å²) in [6, 6.07) is 7.57. The SMILES string of the molecule is CC(=O)c1ccc(CCCOc2c(C)cc(-c3nnn(C)n3)cc2C)o1. The fraction of sp³-hybridized carbons (Fsp3) is 0.368. The van der Waals surface area contributed by atoms with Gasteiger partial charge in [0.15, 0.2) is 11.5 Å². The first kappa shape index (κ1) is 17.8.